The van der Waals surface area contributed by atoms with Gasteiger partial charge >= 0.3 is 6.18 Å². The van der Waals surface area contributed by atoms with Crippen LogP contribution in [0.25, 0.3) is 39.6 Å². The first-order valence-corrected chi connectivity index (χ1v) is 14.7. The molecular weight excluding hydrogens is 555 g/mol. The predicted octanol–water partition coefficient (Wildman–Crippen LogP) is 7.37. The highest BCUT2D eigenvalue weighted by atomic mass is 19.4. The summed E-state index contributed by atoms with van der Waals surface area (Å²) in [6.07, 6.45) is 5.69. The Bertz CT molecular complexity index is 1850. The van der Waals surface area contributed by atoms with Crippen LogP contribution >= 0.6 is 0 Å². The number of tetrazole rings is 1. The van der Waals surface area contributed by atoms with E-state index in [9.17, 15) is 13.2 Å². The number of aromatic amines is 1. The zero-order valence-corrected chi connectivity index (χ0v) is 23.7. The molecule has 0 unspecified atom stereocenters. The highest BCUT2D eigenvalue weighted by molar-refractivity contribution is 5.96. The fourth-order valence-electron chi connectivity index (χ4n) is 7.05. The number of halogens is 3. The van der Waals surface area contributed by atoms with E-state index in [0.717, 1.165) is 85.5 Å². The molecule has 0 bridgehead atoms. The molecule has 43 heavy (non-hydrogen) atoms. The number of aryl methyl sites for hydroxylation is 1. The molecule has 0 atom stereocenters. The summed E-state index contributed by atoms with van der Waals surface area (Å²) in [6.45, 7) is 1.93. The maximum atomic E-state index is 13.8. The zero-order chi connectivity index (χ0) is 29.3. The molecule has 8 rings (SSSR count). The number of piperidine rings is 1. The number of rotatable bonds is 5. The van der Waals surface area contributed by atoms with Gasteiger partial charge in [0.1, 0.15) is 11.5 Å². The number of nitrogens with one attached hydrogen (secondary N) is 1. The molecule has 0 amide bonds. The van der Waals surface area contributed by atoms with Crippen LogP contribution in [0.1, 0.15) is 61.3 Å². The molecular formula is C32H30F3N7O. The lowest BCUT2D eigenvalue weighted by molar-refractivity contribution is -0.137. The quantitative estimate of drug-likeness (QED) is 0.232. The van der Waals surface area contributed by atoms with Gasteiger partial charge < -0.3 is 14.0 Å². The van der Waals surface area contributed by atoms with Crippen LogP contribution in [0.15, 0.2) is 58.8 Å². The van der Waals surface area contributed by atoms with Crippen LogP contribution in [0.3, 0.4) is 0 Å². The maximum absolute atomic E-state index is 13.8. The Kier molecular flexibility index (Phi) is 5.83. The third-order valence-corrected chi connectivity index (χ3v) is 9.49. The number of aromatic nitrogens is 6. The van der Waals surface area contributed by atoms with Crippen molar-refractivity contribution in [3.63, 3.8) is 0 Å². The minimum atomic E-state index is -4.46. The second-order valence-corrected chi connectivity index (χ2v) is 12.4. The van der Waals surface area contributed by atoms with Crippen molar-refractivity contribution in [2.45, 2.75) is 50.6 Å². The minimum Gasteiger partial charge on any atom is -0.371 e. The van der Waals surface area contributed by atoms with E-state index in [2.05, 4.69) is 59.5 Å². The molecule has 3 aliphatic rings. The van der Waals surface area contributed by atoms with Crippen molar-refractivity contribution in [3.05, 3.63) is 71.1 Å². The first-order valence-electron chi connectivity index (χ1n) is 14.7. The van der Waals surface area contributed by atoms with Crippen molar-refractivity contribution in [2.75, 3.05) is 18.0 Å². The molecule has 2 aromatic carbocycles. The van der Waals surface area contributed by atoms with E-state index < -0.39 is 11.7 Å². The first-order chi connectivity index (χ1) is 20.8. The van der Waals surface area contributed by atoms with Gasteiger partial charge in [0.05, 0.1) is 11.1 Å². The monoisotopic (exact) mass is 585 g/mol. The molecule has 220 valence electrons. The molecule has 2 aliphatic carbocycles. The highest BCUT2D eigenvalue weighted by Crippen LogP contribution is 2.54. The number of alkyl halides is 3. The van der Waals surface area contributed by atoms with E-state index in [-0.39, 0.29) is 16.9 Å². The van der Waals surface area contributed by atoms with E-state index in [0.29, 0.717) is 11.5 Å². The van der Waals surface area contributed by atoms with Crippen LogP contribution in [0, 0.1) is 5.41 Å². The summed E-state index contributed by atoms with van der Waals surface area (Å²) >= 11 is 0. The topological polar surface area (TPSA) is 88.7 Å². The normalized spacial score (nSPS) is 18.4. The number of hydrogen-bond acceptors (Lipinski definition) is 6. The summed E-state index contributed by atoms with van der Waals surface area (Å²) in [6, 6.07) is 12.2. The Labute approximate surface area is 245 Å². The van der Waals surface area contributed by atoms with E-state index in [1.54, 1.807) is 6.07 Å². The third kappa shape index (κ3) is 4.52. The van der Waals surface area contributed by atoms with Crippen LogP contribution in [-0.2, 0) is 13.2 Å². The van der Waals surface area contributed by atoms with Crippen molar-refractivity contribution in [1.29, 1.82) is 0 Å². The summed E-state index contributed by atoms with van der Waals surface area (Å²) in [5.41, 5.74) is 5.22. The van der Waals surface area contributed by atoms with Gasteiger partial charge in [-0.2, -0.15) is 18.4 Å². The molecule has 0 radical (unpaired) electrons. The molecule has 3 fully saturated rings. The van der Waals surface area contributed by atoms with Gasteiger partial charge in [0.2, 0.25) is 5.82 Å². The summed E-state index contributed by atoms with van der Waals surface area (Å²) in [5, 5.41) is 19.8. The number of H-pyrrole nitrogens is 1. The average molecular weight is 586 g/mol. The molecule has 1 N–H and O–H groups in total. The standard InChI is InChI=1S/C32H30F3N7O/c1-41-18-25(30-36-39-40-37-30)22-9-8-21(15-27(22)41)42-12-10-31(11-13-42)16-19(17-31)14-24-28(38-43-29(24)20-6-7-20)23-4-2-3-5-26(23)32(33,34)35/h2-5,8-9,14-15,18,20H,6-7,10-13,16-17H2,1H3,(H,36,37,39,40). The molecule has 1 spiro atoms. The van der Waals surface area contributed by atoms with E-state index >= 15 is 0 Å². The van der Waals surface area contributed by atoms with Crippen molar-refractivity contribution >= 4 is 22.7 Å². The van der Waals surface area contributed by atoms with Crippen LogP contribution < -0.4 is 4.90 Å². The SMILES string of the molecule is Cn1cc(-c2nn[nH]n2)c2ccc(N3CCC4(CC3)CC(=Cc3c(-c5ccccc5C(F)(F)F)noc3C3CC3)C4)cc21. The van der Waals surface area contributed by atoms with Crippen LogP contribution in [0.2, 0.25) is 0 Å². The zero-order valence-electron chi connectivity index (χ0n) is 23.7. The Hall–Kier alpha value is -4.41. The van der Waals surface area contributed by atoms with Gasteiger partial charge in [-0.1, -0.05) is 35.0 Å². The summed E-state index contributed by atoms with van der Waals surface area (Å²) < 4.78 is 49.3. The Morgan fingerprint density at radius 3 is 2.56 bits per heavy atom. The van der Waals surface area contributed by atoms with Gasteiger partial charge in [-0.25, -0.2) is 0 Å². The van der Waals surface area contributed by atoms with Crippen LogP contribution in [-0.4, -0.2) is 43.4 Å². The van der Waals surface area contributed by atoms with E-state index in [4.69, 9.17) is 4.52 Å². The largest absolute Gasteiger partial charge is 0.417 e. The van der Waals surface area contributed by atoms with E-state index in [1.807, 2.05) is 13.2 Å². The molecule has 8 nitrogen and oxygen atoms in total. The lowest BCUT2D eigenvalue weighted by atomic mass is 9.60. The lowest BCUT2D eigenvalue weighted by Crippen LogP contribution is -2.44. The minimum absolute atomic E-state index is 0.0828. The Morgan fingerprint density at radius 1 is 1.05 bits per heavy atom. The fraction of sp³-hybridized carbons (Fsp3) is 0.375. The third-order valence-electron chi connectivity index (χ3n) is 9.49. The maximum Gasteiger partial charge on any atom is 0.417 e. The molecule has 3 aromatic heterocycles. The van der Waals surface area contributed by atoms with E-state index in [1.165, 1.54) is 23.4 Å². The van der Waals surface area contributed by atoms with Crippen molar-refractivity contribution in [2.24, 2.45) is 12.5 Å². The molecule has 5 aromatic rings. The molecule has 1 aliphatic heterocycles. The van der Waals surface area contributed by atoms with Gasteiger partial charge in [-0.15, -0.1) is 10.2 Å². The lowest BCUT2D eigenvalue weighted by Gasteiger charge is -2.50. The van der Waals surface area contributed by atoms with Crippen LogP contribution in [0.5, 0.6) is 0 Å². The van der Waals surface area contributed by atoms with Crippen LogP contribution in [0.4, 0.5) is 18.9 Å². The van der Waals surface area contributed by atoms with Gasteiger partial charge in [0, 0.05) is 60.0 Å². The van der Waals surface area contributed by atoms with Crippen molar-refractivity contribution in [3.8, 4) is 22.6 Å². The molecule has 11 heteroatoms. The van der Waals surface area contributed by atoms with Gasteiger partial charge in [0.15, 0.2) is 0 Å². The number of fused-ring (bicyclic) bond motifs is 1. The predicted molar refractivity (Wildman–Crippen MR) is 156 cm³/mol. The summed E-state index contributed by atoms with van der Waals surface area (Å²) in [5.74, 6) is 1.56. The summed E-state index contributed by atoms with van der Waals surface area (Å²) in [4.78, 5) is 2.45. The van der Waals surface area contributed by atoms with Gasteiger partial charge in [-0.05, 0) is 73.4 Å². The van der Waals surface area contributed by atoms with Crippen molar-refractivity contribution in [1.82, 2.24) is 30.3 Å². The highest BCUT2D eigenvalue weighted by Gasteiger charge is 2.44. The first kappa shape index (κ1) is 26.2. The second kappa shape index (κ2) is 9.55. The Morgan fingerprint density at radius 2 is 1.84 bits per heavy atom. The summed E-state index contributed by atoms with van der Waals surface area (Å²) in [7, 11) is 2.03. The number of nitrogens with zero attached hydrogens (tertiary/aromatic N) is 6. The fourth-order valence-corrected chi connectivity index (χ4v) is 7.05. The number of anilines is 1. The molecule has 4 heterocycles. The van der Waals surface area contributed by atoms with Gasteiger partial charge in [-0.3, -0.25) is 0 Å². The van der Waals surface area contributed by atoms with Crippen molar-refractivity contribution < 1.29 is 17.7 Å². The number of benzene rings is 2. The number of hydrogen-bond donors (Lipinski definition) is 1. The second-order valence-electron chi connectivity index (χ2n) is 12.4. The van der Waals surface area contributed by atoms with Gasteiger partial charge in [0.25, 0.3) is 0 Å². The number of allylic oxidation sites excluding steroid dienone is 1. The molecule has 2 saturated carbocycles. The Balaban J connectivity index is 1.00. The smallest absolute Gasteiger partial charge is 0.371 e. The average Bonchev–Trinajstić information content (AvgIpc) is 3.36. The molecule has 1 saturated heterocycles.